The van der Waals surface area contributed by atoms with Crippen LogP contribution in [0.15, 0.2) is 11.6 Å². The minimum Gasteiger partial charge on any atom is -0.346 e. The Kier molecular flexibility index (Phi) is 2.11. The van der Waals surface area contributed by atoms with E-state index in [1.165, 1.54) is 14.2 Å². The van der Waals surface area contributed by atoms with Crippen LogP contribution in [0.1, 0.15) is 13.3 Å². The molecule has 0 unspecified atom stereocenters. The van der Waals surface area contributed by atoms with Gasteiger partial charge in [-0.15, -0.1) is 0 Å². The third-order valence-electron chi connectivity index (χ3n) is 2.04. The van der Waals surface area contributed by atoms with Crippen molar-refractivity contribution in [3.8, 4) is 0 Å². The molecule has 0 bridgehead atoms. The van der Waals surface area contributed by atoms with Gasteiger partial charge in [-0.05, 0) is 12.5 Å². The maximum Gasteiger partial charge on any atom is 0.236 e. The molecule has 0 N–H and O–H groups in total. The van der Waals surface area contributed by atoms with Crippen LogP contribution in [0.2, 0.25) is 0 Å². The predicted molar refractivity (Wildman–Crippen MR) is 40.1 cm³/mol. The van der Waals surface area contributed by atoms with E-state index in [2.05, 4.69) is 0 Å². The Balaban J connectivity index is 2.85. The lowest BCUT2D eigenvalue weighted by Crippen LogP contribution is -2.39. The molecule has 11 heavy (non-hydrogen) atoms. The summed E-state index contributed by atoms with van der Waals surface area (Å²) in [6, 6.07) is 0. The Morgan fingerprint density at radius 1 is 1.45 bits per heavy atom. The van der Waals surface area contributed by atoms with Crippen molar-refractivity contribution in [2.75, 3.05) is 14.2 Å². The second-order valence-corrected chi connectivity index (χ2v) is 2.58. The van der Waals surface area contributed by atoms with Gasteiger partial charge >= 0.3 is 0 Å². The normalized spacial score (nSPS) is 22.1. The van der Waals surface area contributed by atoms with Gasteiger partial charge in [-0.1, -0.05) is 6.08 Å². The lowest BCUT2D eigenvalue weighted by molar-refractivity contribution is -0.198. The Bertz CT molecular complexity index is 201. The van der Waals surface area contributed by atoms with E-state index in [0.29, 0.717) is 12.0 Å². The Labute approximate surface area is 66.0 Å². The van der Waals surface area contributed by atoms with Gasteiger partial charge in [0.2, 0.25) is 11.6 Å². The molecule has 1 aliphatic rings. The van der Waals surface area contributed by atoms with E-state index in [1.807, 2.05) is 6.08 Å². The van der Waals surface area contributed by atoms with E-state index in [9.17, 15) is 4.79 Å². The first-order chi connectivity index (χ1) is 5.16. The summed E-state index contributed by atoms with van der Waals surface area (Å²) in [6.45, 7) is 1.77. The number of rotatable bonds is 2. The summed E-state index contributed by atoms with van der Waals surface area (Å²) in [7, 11) is 2.96. The van der Waals surface area contributed by atoms with Crippen molar-refractivity contribution in [3.63, 3.8) is 0 Å². The molecular formula is C8H12O3. The first-order valence-corrected chi connectivity index (χ1v) is 3.48. The van der Waals surface area contributed by atoms with Gasteiger partial charge in [0.05, 0.1) is 0 Å². The molecule has 0 aliphatic heterocycles. The topological polar surface area (TPSA) is 35.5 Å². The van der Waals surface area contributed by atoms with Crippen LogP contribution < -0.4 is 0 Å². The summed E-state index contributed by atoms with van der Waals surface area (Å²) >= 11 is 0. The molecule has 1 aliphatic carbocycles. The molecule has 0 saturated heterocycles. The zero-order valence-electron chi connectivity index (χ0n) is 7.01. The van der Waals surface area contributed by atoms with Crippen LogP contribution in [-0.4, -0.2) is 25.8 Å². The smallest absolute Gasteiger partial charge is 0.236 e. The minimum absolute atomic E-state index is 0.0671. The summed E-state index contributed by atoms with van der Waals surface area (Å²) < 4.78 is 10.0. The van der Waals surface area contributed by atoms with Crippen LogP contribution in [-0.2, 0) is 14.3 Å². The number of methoxy groups -OCH3 is 2. The third kappa shape index (κ3) is 1.10. The third-order valence-corrected chi connectivity index (χ3v) is 2.04. The van der Waals surface area contributed by atoms with Gasteiger partial charge in [-0.25, -0.2) is 0 Å². The number of Topliss-reactive ketones (excluding diaryl/α,β-unsaturated/α-hetero) is 1. The van der Waals surface area contributed by atoms with Crippen molar-refractivity contribution >= 4 is 5.78 Å². The molecular weight excluding hydrogens is 144 g/mol. The Morgan fingerprint density at radius 3 is 2.18 bits per heavy atom. The summed E-state index contributed by atoms with van der Waals surface area (Å²) in [6.07, 6.45) is 2.35. The molecule has 3 nitrogen and oxygen atoms in total. The molecule has 3 heteroatoms. The van der Waals surface area contributed by atoms with E-state index in [-0.39, 0.29) is 5.78 Å². The highest BCUT2D eigenvalue weighted by Crippen LogP contribution is 2.28. The van der Waals surface area contributed by atoms with Crippen LogP contribution in [0, 0.1) is 0 Å². The van der Waals surface area contributed by atoms with Crippen molar-refractivity contribution in [2.45, 2.75) is 19.1 Å². The number of carbonyl (C=O) groups is 1. The van der Waals surface area contributed by atoms with Crippen LogP contribution >= 0.6 is 0 Å². The van der Waals surface area contributed by atoms with E-state index in [1.54, 1.807) is 6.92 Å². The number of ether oxygens (including phenoxy) is 2. The van der Waals surface area contributed by atoms with E-state index in [0.717, 1.165) is 0 Å². The standard InChI is InChI=1S/C8H12O3/c1-6-4-5-8(10-2,11-3)7(6)9/h4H,5H2,1-3H3. The van der Waals surface area contributed by atoms with Gasteiger partial charge in [-0.2, -0.15) is 0 Å². The molecule has 1 rings (SSSR count). The fraction of sp³-hybridized carbons (Fsp3) is 0.625. The van der Waals surface area contributed by atoms with Crippen molar-refractivity contribution in [3.05, 3.63) is 11.6 Å². The summed E-state index contributed by atoms with van der Waals surface area (Å²) in [5, 5.41) is 0. The first kappa shape index (κ1) is 8.43. The lowest BCUT2D eigenvalue weighted by Gasteiger charge is -2.23. The molecule has 0 fully saturated rings. The maximum absolute atomic E-state index is 11.4. The predicted octanol–water partition coefficient (Wildman–Crippen LogP) is 0.895. The van der Waals surface area contributed by atoms with Crippen LogP contribution in [0.25, 0.3) is 0 Å². The molecule has 0 atom stereocenters. The van der Waals surface area contributed by atoms with Gasteiger partial charge in [0.1, 0.15) is 0 Å². The monoisotopic (exact) mass is 156 g/mol. The number of hydrogen-bond donors (Lipinski definition) is 0. The van der Waals surface area contributed by atoms with Gasteiger partial charge < -0.3 is 9.47 Å². The van der Waals surface area contributed by atoms with Gasteiger partial charge in [-0.3, -0.25) is 4.79 Å². The molecule has 0 saturated carbocycles. The fourth-order valence-electron chi connectivity index (χ4n) is 1.21. The van der Waals surface area contributed by atoms with E-state index < -0.39 is 5.79 Å². The molecule has 0 radical (unpaired) electrons. The fourth-order valence-corrected chi connectivity index (χ4v) is 1.21. The SMILES string of the molecule is COC1(OC)CC=C(C)C1=O. The summed E-state index contributed by atoms with van der Waals surface area (Å²) in [5.74, 6) is -1.09. The van der Waals surface area contributed by atoms with Crippen molar-refractivity contribution in [2.24, 2.45) is 0 Å². The minimum atomic E-state index is -1.02. The second kappa shape index (κ2) is 2.75. The van der Waals surface area contributed by atoms with Crippen molar-refractivity contribution < 1.29 is 14.3 Å². The zero-order valence-corrected chi connectivity index (χ0v) is 7.01. The van der Waals surface area contributed by atoms with Crippen LogP contribution in [0.4, 0.5) is 0 Å². The molecule has 0 aromatic heterocycles. The molecule has 0 spiro atoms. The highest BCUT2D eigenvalue weighted by atomic mass is 16.7. The maximum atomic E-state index is 11.4. The highest BCUT2D eigenvalue weighted by Gasteiger charge is 2.42. The quantitative estimate of drug-likeness (QED) is 0.557. The van der Waals surface area contributed by atoms with Crippen LogP contribution in [0.3, 0.4) is 0 Å². The summed E-state index contributed by atoms with van der Waals surface area (Å²) in [5.41, 5.74) is 0.716. The Morgan fingerprint density at radius 2 is 2.00 bits per heavy atom. The molecule has 0 amide bonds. The van der Waals surface area contributed by atoms with Crippen molar-refractivity contribution in [1.82, 2.24) is 0 Å². The largest absolute Gasteiger partial charge is 0.346 e. The Hall–Kier alpha value is -0.670. The average Bonchev–Trinajstić information content (AvgIpc) is 2.32. The van der Waals surface area contributed by atoms with Crippen molar-refractivity contribution in [1.29, 1.82) is 0 Å². The molecule has 0 aromatic carbocycles. The number of ketones is 1. The molecule has 0 heterocycles. The first-order valence-electron chi connectivity index (χ1n) is 3.48. The number of carbonyl (C=O) groups excluding carboxylic acids is 1. The number of hydrogen-bond acceptors (Lipinski definition) is 3. The molecule has 62 valence electrons. The van der Waals surface area contributed by atoms with E-state index in [4.69, 9.17) is 9.47 Å². The zero-order chi connectivity index (χ0) is 8.48. The van der Waals surface area contributed by atoms with Gasteiger partial charge in [0.25, 0.3) is 0 Å². The highest BCUT2D eigenvalue weighted by molar-refractivity contribution is 6.02. The van der Waals surface area contributed by atoms with E-state index >= 15 is 0 Å². The summed E-state index contributed by atoms with van der Waals surface area (Å²) in [4.78, 5) is 11.4. The average molecular weight is 156 g/mol. The molecule has 0 aromatic rings. The van der Waals surface area contributed by atoms with Gasteiger partial charge in [0.15, 0.2) is 0 Å². The van der Waals surface area contributed by atoms with Crippen LogP contribution in [0.5, 0.6) is 0 Å². The second-order valence-electron chi connectivity index (χ2n) is 2.58. The lowest BCUT2D eigenvalue weighted by atomic mass is 10.1. The van der Waals surface area contributed by atoms with Gasteiger partial charge in [0, 0.05) is 20.6 Å².